The number of hydrogen-bond donors (Lipinski definition) is 4. The Morgan fingerprint density at radius 1 is 0.902 bits per heavy atom. The molecular formula is C39H40F3N3O6. The fourth-order valence-corrected chi connectivity index (χ4v) is 6.30. The van der Waals surface area contributed by atoms with Gasteiger partial charge >= 0.3 is 18.4 Å². The van der Waals surface area contributed by atoms with Gasteiger partial charge in [-0.3, -0.25) is 9.69 Å². The summed E-state index contributed by atoms with van der Waals surface area (Å²) in [5.41, 5.74) is 4.63. The zero-order valence-electron chi connectivity index (χ0n) is 28.0. The fraction of sp³-hybridized carbons (Fsp3) is 0.308. The highest BCUT2D eigenvalue weighted by atomic mass is 19.4. The van der Waals surface area contributed by atoms with Crippen LogP contribution in [0, 0.1) is 0 Å². The number of urea groups is 1. The summed E-state index contributed by atoms with van der Waals surface area (Å²) in [7, 11) is 0. The molecule has 1 fully saturated rings. The van der Waals surface area contributed by atoms with Crippen molar-refractivity contribution in [1.82, 2.24) is 10.6 Å². The van der Waals surface area contributed by atoms with Crippen molar-refractivity contribution in [3.63, 3.8) is 0 Å². The Bertz CT molecular complexity index is 1810. The molecule has 1 unspecified atom stereocenters. The van der Waals surface area contributed by atoms with E-state index in [4.69, 9.17) is 5.11 Å². The minimum absolute atomic E-state index is 0.138. The van der Waals surface area contributed by atoms with Crippen molar-refractivity contribution in [2.24, 2.45) is 0 Å². The number of rotatable bonds is 12. The first kappa shape index (κ1) is 36.9. The van der Waals surface area contributed by atoms with Gasteiger partial charge in [0.05, 0.1) is 19.1 Å². The number of hydrogen-bond acceptors (Lipinski definition) is 5. The van der Waals surface area contributed by atoms with Crippen LogP contribution in [0.1, 0.15) is 78.0 Å². The van der Waals surface area contributed by atoms with E-state index in [1.54, 1.807) is 66.4 Å². The zero-order valence-corrected chi connectivity index (χ0v) is 28.0. The van der Waals surface area contributed by atoms with Crippen molar-refractivity contribution < 1.29 is 42.5 Å². The van der Waals surface area contributed by atoms with Crippen molar-refractivity contribution in [3.05, 3.63) is 119 Å². The number of carbonyl (C=O) groups is 3. The summed E-state index contributed by atoms with van der Waals surface area (Å²) in [6.07, 6.45) is -0.700. The molecule has 0 aromatic heterocycles. The van der Waals surface area contributed by atoms with Gasteiger partial charge in [-0.15, -0.1) is 13.2 Å². The van der Waals surface area contributed by atoms with Crippen LogP contribution in [-0.4, -0.2) is 47.1 Å². The highest BCUT2D eigenvalue weighted by Crippen LogP contribution is 2.35. The third-order valence-corrected chi connectivity index (χ3v) is 8.97. The van der Waals surface area contributed by atoms with E-state index in [2.05, 4.69) is 27.5 Å². The largest absolute Gasteiger partial charge is 0.573 e. The Hall–Kier alpha value is -5.36. The molecule has 4 aromatic rings. The van der Waals surface area contributed by atoms with Gasteiger partial charge in [0.25, 0.3) is 5.91 Å². The predicted molar refractivity (Wildman–Crippen MR) is 186 cm³/mol. The topological polar surface area (TPSA) is 128 Å². The quantitative estimate of drug-likeness (QED) is 0.119. The Morgan fingerprint density at radius 2 is 1.59 bits per heavy atom. The third-order valence-electron chi connectivity index (χ3n) is 8.97. The van der Waals surface area contributed by atoms with Gasteiger partial charge in [0.2, 0.25) is 0 Å². The van der Waals surface area contributed by atoms with Gasteiger partial charge in [0, 0.05) is 11.3 Å². The molecule has 0 heterocycles. The van der Waals surface area contributed by atoms with Crippen LogP contribution in [0.3, 0.4) is 0 Å². The maximum absolute atomic E-state index is 14.1. The Balaban J connectivity index is 1.37. The number of ether oxygens (including phenoxy) is 1. The van der Waals surface area contributed by atoms with Crippen LogP contribution >= 0.6 is 0 Å². The van der Waals surface area contributed by atoms with E-state index in [-0.39, 0.29) is 17.9 Å². The van der Waals surface area contributed by atoms with E-state index >= 15 is 0 Å². The molecule has 9 nitrogen and oxygen atoms in total. The van der Waals surface area contributed by atoms with Crippen molar-refractivity contribution in [3.8, 4) is 16.9 Å². The van der Waals surface area contributed by atoms with Crippen molar-refractivity contribution >= 4 is 23.6 Å². The van der Waals surface area contributed by atoms with E-state index < -0.39 is 43.0 Å². The number of benzene rings is 4. The minimum Gasteiger partial charge on any atom is -0.479 e. The smallest absolute Gasteiger partial charge is 0.479 e. The normalized spacial score (nSPS) is 14.6. The van der Waals surface area contributed by atoms with Crippen molar-refractivity contribution in [2.45, 2.75) is 70.0 Å². The lowest BCUT2D eigenvalue weighted by Crippen LogP contribution is -2.41. The van der Waals surface area contributed by atoms with Gasteiger partial charge in [-0.05, 0) is 89.9 Å². The van der Waals surface area contributed by atoms with E-state index in [1.165, 1.54) is 43.0 Å². The molecule has 4 aromatic carbocycles. The number of amides is 3. The lowest BCUT2D eigenvalue weighted by Gasteiger charge is -2.28. The molecule has 3 amide bonds. The number of nitrogens with one attached hydrogen (secondary N) is 2. The average Bonchev–Trinajstić information content (AvgIpc) is 3.12. The summed E-state index contributed by atoms with van der Waals surface area (Å²) in [4.78, 5) is 39.1. The first-order valence-corrected chi connectivity index (χ1v) is 16.8. The highest BCUT2D eigenvalue weighted by molar-refractivity contribution is 5.95. The van der Waals surface area contributed by atoms with Gasteiger partial charge in [-0.2, -0.15) is 0 Å². The van der Waals surface area contributed by atoms with Gasteiger partial charge in [0.15, 0.2) is 6.10 Å². The molecular weight excluding hydrogens is 663 g/mol. The summed E-state index contributed by atoms with van der Waals surface area (Å²) < 4.78 is 42.9. The van der Waals surface area contributed by atoms with Crippen LogP contribution in [0.25, 0.3) is 11.1 Å². The van der Waals surface area contributed by atoms with Gasteiger partial charge in [-0.1, -0.05) is 79.9 Å². The molecule has 0 radical (unpaired) electrons. The molecule has 4 N–H and O–H groups in total. The van der Waals surface area contributed by atoms with E-state index in [0.29, 0.717) is 33.9 Å². The number of aliphatic carboxylic acids is 1. The first-order chi connectivity index (χ1) is 24.4. The number of carboxylic acids is 1. The molecule has 0 saturated heterocycles. The highest BCUT2D eigenvalue weighted by Gasteiger charge is 2.31. The lowest BCUT2D eigenvalue weighted by molar-refractivity contribution is -0.274. The number of nitrogens with zero attached hydrogens (tertiary/aromatic N) is 1. The molecule has 51 heavy (non-hydrogen) atoms. The van der Waals surface area contributed by atoms with Crippen molar-refractivity contribution in [2.75, 3.05) is 11.4 Å². The zero-order chi connectivity index (χ0) is 36.5. The molecule has 1 aliphatic carbocycles. The average molecular weight is 704 g/mol. The summed E-state index contributed by atoms with van der Waals surface area (Å²) >= 11 is 0. The standard InChI is InChI=1S/C39H40F3N3O6/c1-25(33-12-5-6-13-34(33)30-10-7-11-32(22-30)51-39(40,41)42)44-38(50)45(31-20-18-28(19-21-31)27-8-3-2-4-9-27)24-26-14-16-29(17-15-26)36(47)43-23-35(46)37(48)49/h5-7,10-22,25,27,35,46H,2-4,8-9,23-24H2,1H3,(H,43,47)(H,44,50)(H,48,49)/t25?,35-/m1/s1. The molecule has 2 atom stereocenters. The number of carboxylic acid groups (broad SMARTS) is 1. The first-order valence-electron chi connectivity index (χ1n) is 16.8. The Kier molecular flexibility index (Phi) is 12.0. The van der Waals surface area contributed by atoms with Crippen LogP contribution in [0.2, 0.25) is 0 Å². The van der Waals surface area contributed by atoms with Crippen molar-refractivity contribution in [1.29, 1.82) is 0 Å². The summed E-state index contributed by atoms with van der Waals surface area (Å²) in [6.45, 7) is 1.49. The number of aliphatic hydroxyl groups excluding tert-OH is 1. The van der Waals surface area contributed by atoms with E-state index in [1.807, 2.05) is 12.1 Å². The second kappa shape index (κ2) is 16.6. The number of carbonyl (C=O) groups excluding carboxylic acids is 2. The van der Waals surface area contributed by atoms with Crippen LogP contribution in [-0.2, 0) is 11.3 Å². The second-order valence-corrected chi connectivity index (χ2v) is 12.6. The molecule has 0 bridgehead atoms. The number of anilines is 1. The maximum Gasteiger partial charge on any atom is 0.573 e. The summed E-state index contributed by atoms with van der Waals surface area (Å²) in [6, 6.07) is 26.3. The molecule has 268 valence electrons. The number of halogens is 3. The molecule has 12 heteroatoms. The van der Waals surface area contributed by atoms with Crippen LogP contribution in [0.5, 0.6) is 5.75 Å². The second-order valence-electron chi connectivity index (χ2n) is 12.6. The number of aliphatic hydroxyl groups is 1. The van der Waals surface area contributed by atoms with Gasteiger partial charge in [0.1, 0.15) is 5.75 Å². The Morgan fingerprint density at radius 3 is 2.25 bits per heavy atom. The number of alkyl halides is 3. The molecule has 1 aliphatic rings. The molecule has 1 saturated carbocycles. The lowest BCUT2D eigenvalue weighted by atomic mass is 9.84. The SMILES string of the molecule is CC(NC(=O)N(Cc1ccc(C(=O)NC[C@@H](O)C(=O)O)cc1)c1ccc(C2CCCCC2)cc1)c1ccccc1-c1cccc(OC(F)(F)F)c1. The summed E-state index contributed by atoms with van der Waals surface area (Å²) in [5.74, 6) is -1.88. The Labute approximate surface area is 294 Å². The van der Waals surface area contributed by atoms with Crippen LogP contribution < -0.4 is 20.3 Å². The van der Waals surface area contributed by atoms with E-state index in [9.17, 15) is 32.7 Å². The van der Waals surface area contributed by atoms with Crippen LogP contribution in [0.4, 0.5) is 23.7 Å². The minimum atomic E-state index is -4.84. The van der Waals surface area contributed by atoms with E-state index in [0.717, 1.165) is 12.8 Å². The monoisotopic (exact) mass is 703 g/mol. The van der Waals surface area contributed by atoms with Gasteiger partial charge < -0.3 is 25.6 Å². The molecule has 0 aliphatic heterocycles. The summed E-state index contributed by atoms with van der Waals surface area (Å²) in [5, 5.41) is 23.8. The predicted octanol–water partition coefficient (Wildman–Crippen LogP) is 7.95. The third kappa shape index (κ3) is 10.1. The molecule has 5 rings (SSSR count). The fourth-order valence-electron chi connectivity index (χ4n) is 6.30. The van der Waals surface area contributed by atoms with Gasteiger partial charge in [-0.25, -0.2) is 9.59 Å². The maximum atomic E-state index is 14.1. The molecule has 0 spiro atoms. The van der Waals surface area contributed by atoms with Crippen LogP contribution in [0.15, 0.2) is 97.1 Å².